The fourth-order valence-electron chi connectivity index (χ4n) is 1.07. The minimum Gasteiger partial charge on any atom is -0.348 e. The van der Waals surface area contributed by atoms with E-state index in [9.17, 15) is 4.79 Å². The first-order valence-electron chi connectivity index (χ1n) is 3.98. The molecular weight excluding hydrogens is 250 g/mol. The third kappa shape index (κ3) is 2.54. The summed E-state index contributed by atoms with van der Waals surface area (Å²) in [4.78, 5) is 14.3. The van der Waals surface area contributed by atoms with Crippen LogP contribution in [0.15, 0.2) is 15.9 Å². The van der Waals surface area contributed by atoms with Crippen LogP contribution in [0.5, 0.6) is 0 Å². The number of rotatable bonds is 2. The van der Waals surface area contributed by atoms with E-state index in [1.165, 1.54) is 0 Å². The van der Waals surface area contributed by atoms with Crippen molar-refractivity contribution >= 4 is 33.2 Å². The maximum absolute atomic E-state index is 11.6. The Morgan fingerprint density at radius 3 is 2.54 bits per heavy atom. The number of carbonyl (C=O) groups excluding carboxylic acids is 1. The summed E-state index contributed by atoms with van der Waals surface area (Å²) in [5, 5.41) is 0. The van der Waals surface area contributed by atoms with E-state index in [0.717, 1.165) is 8.66 Å². The average molecular weight is 262 g/mol. The third-order valence-corrected chi connectivity index (χ3v) is 3.64. The summed E-state index contributed by atoms with van der Waals surface area (Å²) < 4.78 is 1.07. The lowest BCUT2D eigenvalue weighted by Crippen LogP contribution is -2.26. The molecule has 1 heterocycles. The van der Waals surface area contributed by atoms with Crippen LogP contribution in [-0.2, 0) is 4.79 Å². The first kappa shape index (κ1) is 10.7. The van der Waals surface area contributed by atoms with Crippen LogP contribution in [0.3, 0.4) is 0 Å². The van der Waals surface area contributed by atoms with Crippen molar-refractivity contribution in [1.29, 1.82) is 0 Å². The Morgan fingerprint density at radius 2 is 2.15 bits per heavy atom. The molecule has 0 saturated carbocycles. The molecule has 1 rings (SSSR count). The molecule has 0 bridgehead atoms. The summed E-state index contributed by atoms with van der Waals surface area (Å²) in [6.07, 6.45) is 0. The monoisotopic (exact) mass is 261 g/mol. The van der Waals surface area contributed by atoms with E-state index in [0.29, 0.717) is 0 Å². The molecule has 0 N–H and O–H groups in total. The van der Waals surface area contributed by atoms with Crippen molar-refractivity contribution < 1.29 is 4.79 Å². The Kier molecular flexibility index (Phi) is 3.50. The molecule has 13 heavy (non-hydrogen) atoms. The van der Waals surface area contributed by atoms with Gasteiger partial charge >= 0.3 is 0 Å². The van der Waals surface area contributed by atoms with Crippen molar-refractivity contribution in [3.05, 3.63) is 20.8 Å². The first-order valence-corrected chi connectivity index (χ1v) is 5.59. The molecule has 1 amide bonds. The Balaban J connectivity index is 2.79. The molecule has 1 aromatic heterocycles. The fraction of sp³-hybridized carbons (Fsp3) is 0.444. The molecule has 0 aromatic carbocycles. The largest absolute Gasteiger partial charge is 0.348 e. The van der Waals surface area contributed by atoms with Crippen LogP contribution in [0.25, 0.3) is 0 Å². The summed E-state index contributed by atoms with van der Waals surface area (Å²) in [5.74, 6) is 0.112. The van der Waals surface area contributed by atoms with Crippen LogP contribution in [0.4, 0.5) is 0 Å². The Labute approximate surface area is 90.7 Å². The number of thiophene rings is 1. The van der Waals surface area contributed by atoms with Gasteiger partial charge in [-0.15, -0.1) is 11.3 Å². The number of carbonyl (C=O) groups is 1. The zero-order valence-electron chi connectivity index (χ0n) is 7.87. The second-order valence-electron chi connectivity index (χ2n) is 3.10. The minimum absolute atomic E-state index is 0.0358. The lowest BCUT2D eigenvalue weighted by atomic mass is 10.1. The first-order chi connectivity index (χ1) is 6.02. The van der Waals surface area contributed by atoms with Crippen molar-refractivity contribution in [2.24, 2.45) is 0 Å². The summed E-state index contributed by atoms with van der Waals surface area (Å²) in [7, 11) is 3.56. The van der Waals surface area contributed by atoms with E-state index in [4.69, 9.17) is 0 Å². The van der Waals surface area contributed by atoms with E-state index >= 15 is 0 Å². The predicted octanol–water partition coefficient (Wildman–Crippen LogP) is 2.70. The molecule has 72 valence electrons. The molecule has 2 nitrogen and oxygen atoms in total. The van der Waals surface area contributed by atoms with Crippen LogP contribution < -0.4 is 0 Å². The normalized spacial score (nSPS) is 12.6. The lowest BCUT2D eigenvalue weighted by molar-refractivity contribution is -0.129. The number of hydrogen-bond donors (Lipinski definition) is 0. The number of likely N-dealkylation sites (N-methyl/N-ethyl adjacent to an activating group) is 1. The van der Waals surface area contributed by atoms with Crippen LogP contribution in [-0.4, -0.2) is 24.9 Å². The minimum atomic E-state index is -0.0358. The molecule has 4 heteroatoms. The van der Waals surface area contributed by atoms with E-state index in [1.807, 2.05) is 19.1 Å². The molecule has 1 atom stereocenters. The quantitative estimate of drug-likeness (QED) is 0.802. The molecule has 1 aromatic rings. The maximum atomic E-state index is 11.6. The summed E-state index contributed by atoms with van der Waals surface area (Å²) in [6.45, 7) is 1.93. The zero-order chi connectivity index (χ0) is 10.0. The van der Waals surface area contributed by atoms with Gasteiger partial charge in [-0.3, -0.25) is 4.79 Å². The molecule has 0 aliphatic rings. The van der Waals surface area contributed by atoms with E-state index in [1.54, 1.807) is 30.3 Å². The van der Waals surface area contributed by atoms with Gasteiger partial charge in [-0.2, -0.15) is 0 Å². The number of hydrogen-bond acceptors (Lipinski definition) is 2. The van der Waals surface area contributed by atoms with E-state index in [2.05, 4.69) is 15.9 Å². The molecular formula is C9H12BrNOS. The summed E-state index contributed by atoms with van der Waals surface area (Å²) in [6, 6.07) is 3.96. The number of halogens is 1. The highest BCUT2D eigenvalue weighted by Gasteiger charge is 2.18. The van der Waals surface area contributed by atoms with Gasteiger partial charge in [0, 0.05) is 19.0 Å². The number of nitrogens with zero attached hydrogens (tertiary/aromatic N) is 1. The van der Waals surface area contributed by atoms with Gasteiger partial charge in [-0.05, 0) is 35.0 Å². The average Bonchev–Trinajstić information content (AvgIpc) is 2.49. The van der Waals surface area contributed by atoms with E-state index in [-0.39, 0.29) is 11.8 Å². The third-order valence-electron chi connectivity index (χ3n) is 1.83. The van der Waals surface area contributed by atoms with Gasteiger partial charge in [0.05, 0.1) is 9.70 Å². The van der Waals surface area contributed by atoms with Gasteiger partial charge in [0.1, 0.15) is 0 Å². The van der Waals surface area contributed by atoms with Crippen molar-refractivity contribution in [3.8, 4) is 0 Å². The second kappa shape index (κ2) is 4.24. The van der Waals surface area contributed by atoms with Crippen LogP contribution in [0.1, 0.15) is 17.7 Å². The smallest absolute Gasteiger partial charge is 0.230 e. The second-order valence-corrected chi connectivity index (χ2v) is 5.59. The topological polar surface area (TPSA) is 20.3 Å². The lowest BCUT2D eigenvalue weighted by Gasteiger charge is -2.15. The molecule has 0 fully saturated rings. The predicted molar refractivity (Wildman–Crippen MR) is 59.1 cm³/mol. The Morgan fingerprint density at radius 1 is 1.54 bits per heavy atom. The van der Waals surface area contributed by atoms with Crippen molar-refractivity contribution in [1.82, 2.24) is 4.90 Å². The number of amides is 1. The highest BCUT2D eigenvalue weighted by molar-refractivity contribution is 9.11. The molecule has 0 aliphatic heterocycles. The summed E-state index contributed by atoms with van der Waals surface area (Å²) in [5.41, 5.74) is 0. The van der Waals surface area contributed by atoms with Crippen LogP contribution in [0, 0.1) is 0 Å². The van der Waals surface area contributed by atoms with Crippen molar-refractivity contribution in [2.45, 2.75) is 12.8 Å². The molecule has 0 aliphatic carbocycles. The molecule has 0 spiro atoms. The van der Waals surface area contributed by atoms with Gasteiger partial charge in [0.2, 0.25) is 5.91 Å². The summed E-state index contributed by atoms with van der Waals surface area (Å²) >= 11 is 4.99. The molecule has 0 radical (unpaired) electrons. The maximum Gasteiger partial charge on any atom is 0.230 e. The van der Waals surface area contributed by atoms with Crippen LogP contribution in [0.2, 0.25) is 0 Å². The molecule has 1 unspecified atom stereocenters. The zero-order valence-corrected chi connectivity index (χ0v) is 10.3. The highest BCUT2D eigenvalue weighted by atomic mass is 79.9. The van der Waals surface area contributed by atoms with Gasteiger partial charge in [-0.25, -0.2) is 0 Å². The van der Waals surface area contributed by atoms with Gasteiger partial charge < -0.3 is 4.90 Å². The Bertz CT molecular complexity index is 308. The fourth-order valence-corrected chi connectivity index (χ4v) is 2.54. The Hall–Kier alpha value is -0.350. The van der Waals surface area contributed by atoms with Crippen LogP contribution >= 0.6 is 27.3 Å². The van der Waals surface area contributed by atoms with Gasteiger partial charge in [0.25, 0.3) is 0 Å². The van der Waals surface area contributed by atoms with Crippen molar-refractivity contribution in [3.63, 3.8) is 0 Å². The standard InChI is InChI=1S/C9H12BrNOS/c1-6(9(12)11(2)3)7-4-5-8(10)13-7/h4-6H,1-3H3. The highest BCUT2D eigenvalue weighted by Crippen LogP contribution is 2.28. The van der Waals surface area contributed by atoms with E-state index < -0.39 is 0 Å². The molecule has 0 saturated heterocycles. The SMILES string of the molecule is CC(C(=O)N(C)C)c1ccc(Br)s1. The van der Waals surface area contributed by atoms with Gasteiger partial charge in [0.15, 0.2) is 0 Å². The van der Waals surface area contributed by atoms with Crippen molar-refractivity contribution in [2.75, 3.05) is 14.1 Å². The van der Waals surface area contributed by atoms with Gasteiger partial charge in [-0.1, -0.05) is 0 Å².